The molecule has 1 saturated heterocycles. The predicted octanol–water partition coefficient (Wildman–Crippen LogP) is 5.51. The van der Waals surface area contributed by atoms with Gasteiger partial charge in [0.15, 0.2) is 0 Å². The van der Waals surface area contributed by atoms with Crippen LogP contribution < -0.4 is 0 Å². The standard InChI is InChI=1S/C26H32FN3O2/c1-6-23-17-29(25(31)32-26(3,4)5)18(2)16-30(23)24(21-11-13-22(27)14-12-21)20-9-7-19(15-28)8-10-20/h7-14,18,23-24H,6,16-17H2,1-5H3/t18-,23+,24-/m0/s1. The molecule has 0 bridgehead atoms. The van der Waals surface area contributed by atoms with Crippen molar-refractivity contribution in [2.24, 2.45) is 0 Å². The maximum atomic E-state index is 13.7. The van der Waals surface area contributed by atoms with Crippen LogP contribution in [-0.4, -0.2) is 46.7 Å². The molecule has 2 aromatic carbocycles. The molecule has 3 atom stereocenters. The molecule has 3 rings (SSSR count). The minimum absolute atomic E-state index is 0.0472. The van der Waals surface area contributed by atoms with Crippen LogP contribution in [0.25, 0.3) is 0 Å². The largest absolute Gasteiger partial charge is 0.444 e. The third-order valence-electron chi connectivity index (χ3n) is 5.86. The van der Waals surface area contributed by atoms with Crippen LogP contribution in [0, 0.1) is 17.1 Å². The third kappa shape index (κ3) is 5.46. The number of carbonyl (C=O) groups is 1. The Morgan fingerprint density at radius 1 is 1.12 bits per heavy atom. The molecule has 0 saturated carbocycles. The predicted molar refractivity (Wildman–Crippen MR) is 123 cm³/mol. The van der Waals surface area contributed by atoms with E-state index in [0.717, 1.165) is 17.5 Å². The van der Waals surface area contributed by atoms with E-state index in [2.05, 4.69) is 17.9 Å². The molecule has 2 aromatic rings. The van der Waals surface area contributed by atoms with Gasteiger partial charge in [-0.2, -0.15) is 5.26 Å². The normalized spacial score (nSPS) is 20.5. The minimum Gasteiger partial charge on any atom is -0.444 e. The topological polar surface area (TPSA) is 56.6 Å². The van der Waals surface area contributed by atoms with Crippen molar-refractivity contribution in [3.8, 4) is 6.07 Å². The second-order valence-electron chi connectivity index (χ2n) is 9.43. The lowest BCUT2D eigenvalue weighted by molar-refractivity contribution is -0.0201. The van der Waals surface area contributed by atoms with Gasteiger partial charge in [-0.3, -0.25) is 4.90 Å². The molecule has 0 unspecified atom stereocenters. The highest BCUT2D eigenvalue weighted by Crippen LogP contribution is 2.35. The van der Waals surface area contributed by atoms with Crippen molar-refractivity contribution in [3.05, 3.63) is 71.0 Å². The van der Waals surface area contributed by atoms with E-state index in [1.54, 1.807) is 0 Å². The molecule has 0 aliphatic carbocycles. The maximum Gasteiger partial charge on any atom is 0.410 e. The van der Waals surface area contributed by atoms with Crippen molar-refractivity contribution in [2.75, 3.05) is 13.1 Å². The minimum atomic E-state index is -0.547. The molecule has 1 aliphatic rings. The van der Waals surface area contributed by atoms with Crippen LogP contribution in [0.4, 0.5) is 9.18 Å². The average molecular weight is 438 g/mol. The van der Waals surface area contributed by atoms with Crippen LogP contribution in [0.2, 0.25) is 0 Å². The Labute approximate surface area is 190 Å². The molecule has 1 heterocycles. The monoisotopic (exact) mass is 437 g/mol. The second kappa shape index (κ2) is 9.70. The van der Waals surface area contributed by atoms with Crippen LogP contribution in [0.15, 0.2) is 48.5 Å². The van der Waals surface area contributed by atoms with Crippen molar-refractivity contribution in [3.63, 3.8) is 0 Å². The summed E-state index contributed by atoms with van der Waals surface area (Å²) in [4.78, 5) is 17.0. The van der Waals surface area contributed by atoms with Crippen molar-refractivity contribution in [1.29, 1.82) is 5.26 Å². The number of carbonyl (C=O) groups excluding carboxylic acids is 1. The van der Waals surface area contributed by atoms with Gasteiger partial charge in [0.2, 0.25) is 0 Å². The molecule has 0 spiro atoms. The zero-order valence-corrected chi connectivity index (χ0v) is 19.5. The molecule has 0 radical (unpaired) electrons. The summed E-state index contributed by atoms with van der Waals surface area (Å²) in [6.07, 6.45) is 0.555. The first-order valence-electron chi connectivity index (χ1n) is 11.1. The number of benzene rings is 2. The lowest BCUT2D eigenvalue weighted by Crippen LogP contribution is -2.60. The summed E-state index contributed by atoms with van der Waals surface area (Å²) in [5, 5.41) is 9.19. The zero-order chi connectivity index (χ0) is 23.5. The molecular weight excluding hydrogens is 405 g/mol. The number of halogens is 1. The number of rotatable bonds is 4. The molecule has 170 valence electrons. The van der Waals surface area contributed by atoms with E-state index >= 15 is 0 Å². The lowest BCUT2D eigenvalue weighted by Gasteiger charge is -2.48. The van der Waals surface area contributed by atoms with Gasteiger partial charge in [-0.05, 0) is 69.5 Å². The van der Waals surface area contributed by atoms with Crippen molar-refractivity contribution < 1.29 is 13.9 Å². The Bertz CT molecular complexity index is 961. The van der Waals surface area contributed by atoms with Gasteiger partial charge in [0, 0.05) is 25.2 Å². The Hall–Kier alpha value is -2.91. The van der Waals surface area contributed by atoms with Gasteiger partial charge in [-0.1, -0.05) is 31.2 Å². The summed E-state index contributed by atoms with van der Waals surface area (Å²) in [6, 6.07) is 16.2. The SMILES string of the molecule is CC[C@@H]1CN(C(=O)OC(C)(C)C)[C@@H](C)CN1[C@H](c1ccc(F)cc1)c1ccc(C#N)cc1. The number of ether oxygens (including phenoxy) is 1. The summed E-state index contributed by atoms with van der Waals surface area (Å²) >= 11 is 0. The maximum absolute atomic E-state index is 13.7. The first kappa shape index (κ1) is 23.7. The van der Waals surface area contributed by atoms with Gasteiger partial charge in [0.1, 0.15) is 11.4 Å². The van der Waals surface area contributed by atoms with Crippen LogP contribution >= 0.6 is 0 Å². The summed E-state index contributed by atoms with van der Waals surface area (Å²) in [6.45, 7) is 11.0. The highest BCUT2D eigenvalue weighted by molar-refractivity contribution is 5.68. The number of hydrogen-bond acceptors (Lipinski definition) is 4. The van der Waals surface area contributed by atoms with E-state index in [0.29, 0.717) is 18.7 Å². The fourth-order valence-corrected chi connectivity index (χ4v) is 4.28. The summed E-state index contributed by atoms with van der Waals surface area (Å²) < 4.78 is 19.3. The van der Waals surface area contributed by atoms with Gasteiger partial charge in [0.25, 0.3) is 0 Å². The first-order valence-corrected chi connectivity index (χ1v) is 11.1. The van der Waals surface area contributed by atoms with E-state index in [4.69, 9.17) is 4.74 Å². The molecule has 1 aliphatic heterocycles. The Kier molecular flexibility index (Phi) is 7.20. The van der Waals surface area contributed by atoms with Gasteiger partial charge < -0.3 is 9.64 Å². The lowest BCUT2D eigenvalue weighted by atomic mass is 9.92. The van der Waals surface area contributed by atoms with E-state index < -0.39 is 5.60 Å². The fraction of sp³-hybridized carbons (Fsp3) is 0.462. The first-order chi connectivity index (χ1) is 15.1. The average Bonchev–Trinajstić information content (AvgIpc) is 2.74. The molecule has 0 aromatic heterocycles. The van der Waals surface area contributed by atoms with E-state index in [1.807, 2.05) is 69.0 Å². The highest BCUT2D eigenvalue weighted by Gasteiger charge is 2.39. The Balaban J connectivity index is 1.96. The van der Waals surface area contributed by atoms with Crippen molar-refractivity contribution >= 4 is 6.09 Å². The van der Waals surface area contributed by atoms with Gasteiger partial charge in [-0.25, -0.2) is 9.18 Å². The molecular formula is C26H32FN3O2. The number of nitriles is 1. The number of nitrogens with zero attached hydrogens (tertiary/aromatic N) is 3. The quantitative estimate of drug-likeness (QED) is 0.633. The zero-order valence-electron chi connectivity index (χ0n) is 19.5. The van der Waals surface area contributed by atoms with E-state index in [1.165, 1.54) is 12.1 Å². The molecule has 5 nitrogen and oxygen atoms in total. The Morgan fingerprint density at radius 3 is 2.19 bits per heavy atom. The molecule has 32 heavy (non-hydrogen) atoms. The fourth-order valence-electron chi connectivity index (χ4n) is 4.28. The summed E-state index contributed by atoms with van der Waals surface area (Å²) in [5.41, 5.74) is 2.07. The second-order valence-corrected chi connectivity index (χ2v) is 9.43. The molecule has 1 fully saturated rings. The summed E-state index contributed by atoms with van der Waals surface area (Å²) in [7, 11) is 0. The van der Waals surface area contributed by atoms with Gasteiger partial charge in [-0.15, -0.1) is 0 Å². The molecule has 1 amide bonds. The third-order valence-corrected chi connectivity index (χ3v) is 5.86. The number of hydrogen-bond donors (Lipinski definition) is 0. The Morgan fingerprint density at radius 2 is 1.69 bits per heavy atom. The highest BCUT2D eigenvalue weighted by atomic mass is 19.1. The smallest absolute Gasteiger partial charge is 0.410 e. The molecule has 6 heteroatoms. The van der Waals surface area contributed by atoms with Crippen molar-refractivity contribution in [2.45, 2.75) is 64.8 Å². The van der Waals surface area contributed by atoms with Crippen LogP contribution in [0.1, 0.15) is 63.8 Å². The molecule has 0 N–H and O–H groups in total. The number of amides is 1. The summed E-state index contributed by atoms with van der Waals surface area (Å²) in [5.74, 6) is -0.275. The van der Waals surface area contributed by atoms with Crippen LogP contribution in [0.5, 0.6) is 0 Å². The van der Waals surface area contributed by atoms with Crippen molar-refractivity contribution in [1.82, 2.24) is 9.80 Å². The van der Waals surface area contributed by atoms with E-state index in [-0.39, 0.29) is 30.0 Å². The van der Waals surface area contributed by atoms with Gasteiger partial charge >= 0.3 is 6.09 Å². The van der Waals surface area contributed by atoms with Gasteiger partial charge in [0.05, 0.1) is 17.7 Å². The van der Waals surface area contributed by atoms with Crippen LogP contribution in [-0.2, 0) is 4.74 Å². The van der Waals surface area contributed by atoms with Crippen LogP contribution in [0.3, 0.4) is 0 Å². The van der Waals surface area contributed by atoms with E-state index in [9.17, 15) is 14.4 Å². The number of piperazine rings is 1.